The Morgan fingerprint density at radius 2 is 1.71 bits per heavy atom. The lowest BCUT2D eigenvalue weighted by Crippen LogP contribution is -2.55. The molecule has 0 aromatic heterocycles. The number of carboxylic acid groups (broad SMARTS) is 1. The van der Waals surface area contributed by atoms with Crippen molar-refractivity contribution in [3.63, 3.8) is 0 Å². The van der Waals surface area contributed by atoms with Crippen LogP contribution >= 0.6 is 0 Å². The number of likely N-dealkylation sites (tertiary alicyclic amines) is 1. The number of fused-ring (bicyclic) bond motifs is 3. The second-order valence-corrected chi connectivity index (χ2v) is 9.72. The van der Waals surface area contributed by atoms with Gasteiger partial charge >= 0.3 is 12.1 Å². The molecule has 0 saturated carbocycles. The van der Waals surface area contributed by atoms with Gasteiger partial charge in [-0.2, -0.15) is 0 Å². The van der Waals surface area contributed by atoms with Crippen LogP contribution in [0.2, 0.25) is 0 Å². The van der Waals surface area contributed by atoms with Crippen LogP contribution in [0.25, 0.3) is 11.1 Å². The summed E-state index contributed by atoms with van der Waals surface area (Å²) in [6.45, 7) is 3.47. The minimum atomic E-state index is -0.828. The first-order valence-corrected chi connectivity index (χ1v) is 12.1. The lowest BCUT2D eigenvalue weighted by Gasteiger charge is -2.42. The number of hydrogen-bond acceptors (Lipinski definition) is 5. The number of nitrogens with one attached hydrogen (secondary N) is 1. The maximum Gasteiger partial charge on any atom is 0.407 e. The molecule has 0 spiro atoms. The van der Waals surface area contributed by atoms with Crippen molar-refractivity contribution >= 4 is 18.0 Å². The van der Waals surface area contributed by atoms with E-state index in [0.717, 1.165) is 11.1 Å². The second kappa shape index (κ2) is 9.70. The van der Waals surface area contributed by atoms with E-state index in [1.807, 2.05) is 24.3 Å². The first-order chi connectivity index (χ1) is 16.9. The Morgan fingerprint density at radius 1 is 1.09 bits per heavy atom. The van der Waals surface area contributed by atoms with Gasteiger partial charge in [0.15, 0.2) is 0 Å². The summed E-state index contributed by atoms with van der Waals surface area (Å²) in [5.74, 6) is -1.53. The molecule has 1 aliphatic carbocycles. The molecule has 2 N–H and O–H groups in total. The molecule has 8 heteroatoms. The van der Waals surface area contributed by atoms with Crippen molar-refractivity contribution in [3.05, 3.63) is 59.7 Å². The molecule has 2 fully saturated rings. The Kier molecular flexibility index (Phi) is 6.47. The molecule has 2 heterocycles. The van der Waals surface area contributed by atoms with Crippen LogP contribution in [-0.4, -0.2) is 66.9 Å². The number of amides is 2. The minimum Gasteiger partial charge on any atom is -0.481 e. The van der Waals surface area contributed by atoms with Crippen LogP contribution in [0, 0.1) is 17.8 Å². The molecule has 5 rings (SSSR count). The SMILES string of the molecule is CC(C(=O)O)C1CN(C(=O)[C@@H]2CO[C@H](CNC(=O)OCC3c4ccccc4-c4ccccc43)C2)C1. The Bertz CT molecular complexity index is 1080. The molecule has 3 aliphatic rings. The van der Waals surface area contributed by atoms with Gasteiger partial charge in [0.2, 0.25) is 5.91 Å². The van der Waals surface area contributed by atoms with Crippen molar-refractivity contribution in [1.29, 1.82) is 0 Å². The van der Waals surface area contributed by atoms with Crippen molar-refractivity contribution in [2.45, 2.75) is 25.4 Å². The third-order valence-corrected chi connectivity index (χ3v) is 7.57. The average molecular weight is 479 g/mol. The summed E-state index contributed by atoms with van der Waals surface area (Å²) in [5.41, 5.74) is 4.68. The molecule has 2 amide bonds. The number of aliphatic carboxylic acids is 1. The number of benzene rings is 2. The Labute approximate surface area is 204 Å². The van der Waals surface area contributed by atoms with Gasteiger partial charge in [-0.3, -0.25) is 9.59 Å². The highest BCUT2D eigenvalue weighted by Gasteiger charge is 2.41. The Balaban J connectivity index is 1.07. The number of carboxylic acids is 1. The van der Waals surface area contributed by atoms with Gasteiger partial charge < -0.3 is 24.8 Å². The molecule has 2 aliphatic heterocycles. The van der Waals surface area contributed by atoms with Crippen molar-refractivity contribution in [2.75, 3.05) is 32.8 Å². The highest BCUT2D eigenvalue weighted by atomic mass is 16.5. The smallest absolute Gasteiger partial charge is 0.407 e. The summed E-state index contributed by atoms with van der Waals surface area (Å²) in [4.78, 5) is 37.9. The lowest BCUT2D eigenvalue weighted by molar-refractivity contribution is -0.152. The fourth-order valence-electron chi connectivity index (χ4n) is 5.34. The van der Waals surface area contributed by atoms with Crippen LogP contribution in [0.4, 0.5) is 4.79 Å². The normalized spacial score (nSPS) is 22.1. The average Bonchev–Trinajstić information content (AvgIpc) is 3.43. The molecule has 2 aromatic carbocycles. The fourth-order valence-corrected chi connectivity index (χ4v) is 5.34. The van der Waals surface area contributed by atoms with E-state index in [4.69, 9.17) is 14.6 Å². The number of rotatable bonds is 7. The van der Waals surface area contributed by atoms with Gasteiger partial charge in [0.05, 0.1) is 24.5 Å². The first kappa shape index (κ1) is 23.4. The van der Waals surface area contributed by atoms with Crippen LogP contribution in [0.1, 0.15) is 30.4 Å². The predicted octanol–water partition coefficient (Wildman–Crippen LogP) is 3.11. The quantitative estimate of drug-likeness (QED) is 0.634. The van der Waals surface area contributed by atoms with Crippen LogP contribution in [0.3, 0.4) is 0 Å². The summed E-state index contributed by atoms with van der Waals surface area (Å²) in [6, 6.07) is 16.4. The van der Waals surface area contributed by atoms with Crippen molar-refractivity contribution in [3.8, 4) is 11.1 Å². The highest BCUT2D eigenvalue weighted by molar-refractivity contribution is 5.81. The maximum atomic E-state index is 12.7. The van der Waals surface area contributed by atoms with Gasteiger partial charge in [0.25, 0.3) is 0 Å². The van der Waals surface area contributed by atoms with Crippen LogP contribution < -0.4 is 5.32 Å². The van der Waals surface area contributed by atoms with Gasteiger partial charge in [-0.1, -0.05) is 55.5 Å². The van der Waals surface area contributed by atoms with E-state index in [1.165, 1.54) is 11.1 Å². The van der Waals surface area contributed by atoms with E-state index in [1.54, 1.807) is 11.8 Å². The molecule has 1 unspecified atom stereocenters. The minimum absolute atomic E-state index is 0.00193. The van der Waals surface area contributed by atoms with E-state index in [2.05, 4.69) is 29.6 Å². The van der Waals surface area contributed by atoms with Crippen LogP contribution in [0.5, 0.6) is 0 Å². The highest BCUT2D eigenvalue weighted by Crippen LogP contribution is 2.44. The zero-order valence-corrected chi connectivity index (χ0v) is 19.7. The van der Waals surface area contributed by atoms with Gasteiger partial charge in [0, 0.05) is 31.5 Å². The van der Waals surface area contributed by atoms with Crippen molar-refractivity contribution < 1.29 is 29.0 Å². The van der Waals surface area contributed by atoms with Gasteiger partial charge in [-0.25, -0.2) is 4.79 Å². The fraction of sp³-hybridized carbons (Fsp3) is 0.444. The number of carbonyl (C=O) groups excluding carboxylic acids is 2. The third-order valence-electron chi connectivity index (χ3n) is 7.57. The molecule has 8 nitrogen and oxygen atoms in total. The number of hydrogen-bond donors (Lipinski definition) is 2. The van der Waals surface area contributed by atoms with Gasteiger partial charge in [0.1, 0.15) is 6.61 Å². The molecule has 0 bridgehead atoms. The van der Waals surface area contributed by atoms with Gasteiger partial charge in [-0.05, 0) is 28.7 Å². The van der Waals surface area contributed by atoms with Crippen LogP contribution in [0.15, 0.2) is 48.5 Å². The third kappa shape index (κ3) is 4.62. The Hall–Kier alpha value is -3.39. The molecule has 2 saturated heterocycles. The predicted molar refractivity (Wildman–Crippen MR) is 128 cm³/mol. The standard InChI is InChI=1S/C27H30N2O6/c1-16(26(31)32)18-12-29(13-18)25(30)17-10-19(34-14-17)11-28-27(33)35-15-24-22-8-4-2-6-20(22)21-7-3-5-9-23(21)24/h2-9,16-19,24H,10-15H2,1H3,(H,28,33)(H,31,32)/t16?,17-,19-/m0/s1. The maximum absolute atomic E-state index is 12.7. The van der Waals surface area contributed by atoms with Crippen molar-refractivity contribution in [1.82, 2.24) is 10.2 Å². The zero-order chi connectivity index (χ0) is 24.5. The number of alkyl carbamates (subject to hydrolysis) is 1. The number of nitrogens with zero attached hydrogens (tertiary/aromatic N) is 1. The molecule has 184 valence electrons. The number of carbonyl (C=O) groups is 3. The van der Waals surface area contributed by atoms with Crippen molar-refractivity contribution in [2.24, 2.45) is 17.8 Å². The number of ether oxygens (including phenoxy) is 2. The topological polar surface area (TPSA) is 105 Å². The summed E-state index contributed by atoms with van der Waals surface area (Å²) >= 11 is 0. The van der Waals surface area contributed by atoms with Gasteiger partial charge in [-0.15, -0.1) is 0 Å². The summed E-state index contributed by atoms with van der Waals surface area (Å²) < 4.78 is 11.3. The Morgan fingerprint density at radius 3 is 2.34 bits per heavy atom. The molecular formula is C27H30N2O6. The molecular weight excluding hydrogens is 448 g/mol. The van der Waals surface area contributed by atoms with E-state index in [9.17, 15) is 14.4 Å². The largest absolute Gasteiger partial charge is 0.481 e. The van der Waals surface area contributed by atoms with Crippen LogP contribution in [-0.2, 0) is 19.1 Å². The van der Waals surface area contributed by atoms with E-state index in [0.29, 0.717) is 26.1 Å². The molecule has 0 radical (unpaired) electrons. The van der Waals surface area contributed by atoms with E-state index in [-0.39, 0.29) is 42.9 Å². The second-order valence-electron chi connectivity index (χ2n) is 9.72. The zero-order valence-electron chi connectivity index (χ0n) is 19.7. The summed E-state index contributed by atoms with van der Waals surface area (Å²) in [7, 11) is 0. The summed E-state index contributed by atoms with van der Waals surface area (Å²) in [5, 5.41) is 11.9. The molecule has 3 atom stereocenters. The lowest BCUT2D eigenvalue weighted by atomic mass is 9.86. The monoisotopic (exact) mass is 478 g/mol. The van der Waals surface area contributed by atoms with E-state index >= 15 is 0 Å². The van der Waals surface area contributed by atoms with E-state index < -0.39 is 18.0 Å². The molecule has 2 aromatic rings. The molecule has 35 heavy (non-hydrogen) atoms. The summed E-state index contributed by atoms with van der Waals surface area (Å²) in [6.07, 6.45) is -0.226. The first-order valence-electron chi connectivity index (χ1n) is 12.1.